The molecule has 39 heavy (non-hydrogen) atoms. The standard InChI is InChI=1S/C30H25BrN4O4/c1-20-7-6-9-24(17-20)33-28(36)25-10-3-4-11-26(25)34-29(37)30(38)35-32-18-22-8-2-5-12-27(22)39-19-21-13-15-23(31)16-14-21/h2-18H,19H2,1H3,(H,33,36)(H,34,37)(H,35,38)/b32-18-. The van der Waals surface area contributed by atoms with Crippen LogP contribution in [0.2, 0.25) is 0 Å². The first-order chi connectivity index (χ1) is 18.9. The predicted octanol–water partition coefficient (Wildman–Crippen LogP) is 5.68. The van der Waals surface area contributed by atoms with Gasteiger partial charge in [-0.25, -0.2) is 5.43 Å². The summed E-state index contributed by atoms with van der Waals surface area (Å²) in [5.41, 5.74) is 5.83. The van der Waals surface area contributed by atoms with Crippen LogP contribution in [0.15, 0.2) is 107 Å². The van der Waals surface area contributed by atoms with E-state index in [-0.39, 0.29) is 11.3 Å². The molecule has 0 bridgehead atoms. The largest absolute Gasteiger partial charge is 0.488 e. The number of hydrogen-bond acceptors (Lipinski definition) is 5. The summed E-state index contributed by atoms with van der Waals surface area (Å²) in [5, 5.41) is 9.17. The van der Waals surface area contributed by atoms with E-state index in [1.165, 1.54) is 6.21 Å². The number of hydrazone groups is 1. The predicted molar refractivity (Wildman–Crippen MR) is 155 cm³/mol. The zero-order valence-corrected chi connectivity index (χ0v) is 22.6. The molecule has 0 aliphatic rings. The van der Waals surface area contributed by atoms with Gasteiger partial charge < -0.3 is 15.4 Å². The van der Waals surface area contributed by atoms with Crippen LogP contribution >= 0.6 is 15.9 Å². The average Bonchev–Trinajstić information content (AvgIpc) is 2.93. The van der Waals surface area contributed by atoms with Crippen LogP contribution in [0.25, 0.3) is 0 Å². The molecule has 0 aliphatic heterocycles. The fourth-order valence-corrected chi connectivity index (χ4v) is 3.83. The summed E-state index contributed by atoms with van der Waals surface area (Å²) in [6, 6.07) is 28.7. The van der Waals surface area contributed by atoms with Crippen LogP contribution in [-0.2, 0) is 16.2 Å². The second kappa shape index (κ2) is 13.2. The zero-order valence-electron chi connectivity index (χ0n) is 21.0. The highest BCUT2D eigenvalue weighted by atomic mass is 79.9. The van der Waals surface area contributed by atoms with Crippen molar-refractivity contribution in [2.45, 2.75) is 13.5 Å². The van der Waals surface area contributed by atoms with E-state index in [0.717, 1.165) is 15.6 Å². The number of carbonyl (C=O) groups is 3. The van der Waals surface area contributed by atoms with E-state index in [0.29, 0.717) is 23.6 Å². The second-order valence-electron chi connectivity index (χ2n) is 8.48. The van der Waals surface area contributed by atoms with Crippen molar-refractivity contribution < 1.29 is 19.1 Å². The van der Waals surface area contributed by atoms with Gasteiger partial charge in [0.2, 0.25) is 0 Å². The summed E-state index contributed by atoms with van der Waals surface area (Å²) < 4.78 is 6.87. The van der Waals surface area contributed by atoms with E-state index < -0.39 is 17.7 Å². The first kappa shape index (κ1) is 27.3. The molecule has 196 valence electrons. The summed E-state index contributed by atoms with van der Waals surface area (Å²) in [6.45, 7) is 2.27. The molecule has 0 spiro atoms. The summed E-state index contributed by atoms with van der Waals surface area (Å²) in [5.74, 6) is -1.82. The lowest BCUT2D eigenvalue weighted by atomic mass is 10.1. The van der Waals surface area contributed by atoms with Crippen LogP contribution in [0.4, 0.5) is 11.4 Å². The van der Waals surface area contributed by atoms with Gasteiger partial charge in [0.05, 0.1) is 17.5 Å². The number of amides is 3. The van der Waals surface area contributed by atoms with Crippen LogP contribution < -0.4 is 20.8 Å². The molecule has 4 rings (SSSR count). The molecule has 0 heterocycles. The topological polar surface area (TPSA) is 109 Å². The van der Waals surface area contributed by atoms with Gasteiger partial charge in [0.15, 0.2) is 0 Å². The van der Waals surface area contributed by atoms with E-state index in [4.69, 9.17) is 4.74 Å². The lowest BCUT2D eigenvalue weighted by molar-refractivity contribution is -0.136. The monoisotopic (exact) mass is 584 g/mol. The third kappa shape index (κ3) is 7.86. The molecular formula is C30H25BrN4O4. The Kier molecular flexibility index (Phi) is 9.20. The van der Waals surface area contributed by atoms with Crippen LogP contribution in [0.3, 0.4) is 0 Å². The lowest BCUT2D eigenvalue weighted by Gasteiger charge is -2.11. The van der Waals surface area contributed by atoms with E-state index in [2.05, 4.69) is 37.1 Å². The van der Waals surface area contributed by atoms with Crippen LogP contribution in [0.1, 0.15) is 27.0 Å². The number of benzene rings is 4. The van der Waals surface area contributed by atoms with E-state index >= 15 is 0 Å². The highest BCUT2D eigenvalue weighted by Crippen LogP contribution is 2.20. The molecule has 0 saturated heterocycles. The molecule has 0 saturated carbocycles. The number of rotatable bonds is 8. The molecule has 8 nitrogen and oxygen atoms in total. The van der Waals surface area contributed by atoms with Gasteiger partial charge in [0.25, 0.3) is 5.91 Å². The van der Waals surface area contributed by atoms with Crippen molar-refractivity contribution >= 4 is 51.2 Å². The minimum Gasteiger partial charge on any atom is -0.488 e. The summed E-state index contributed by atoms with van der Waals surface area (Å²) >= 11 is 3.41. The number of para-hydroxylation sites is 2. The van der Waals surface area contributed by atoms with Gasteiger partial charge in [-0.1, -0.05) is 64.5 Å². The maximum Gasteiger partial charge on any atom is 0.329 e. The fourth-order valence-electron chi connectivity index (χ4n) is 3.56. The van der Waals surface area contributed by atoms with Crippen molar-refractivity contribution in [3.05, 3.63) is 124 Å². The fraction of sp³-hybridized carbons (Fsp3) is 0.0667. The van der Waals surface area contributed by atoms with Crippen LogP contribution in [0.5, 0.6) is 5.75 Å². The number of ether oxygens (including phenoxy) is 1. The van der Waals surface area contributed by atoms with Crippen molar-refractivity contribution in [3.8, 4) is 5.75 Å². The van der Waals surface area contributed by atoms with Crippen molar-refractivity contribution in [3.63, 3.8) is 0 Å². The van der Waals surface area contributed by atoms with Gasteiger partial charge in [-0.05, 0) is 66.6 Å². The second-order valence-corrected chi connectivity index (χ2v) is 9.39. The number of carbonyl (C=O) groups excluding carboxylic acids is 3. The Bertz CT molecular complexity index is 1520. The van der Waals surface area contributed by atoms with Gasteiger partial charge >= 0.3 is 11.8 Å². The van der Waals surface area contributed by atoms with Crippen molar-refractivity contribution in [1.29, 1.82) is 0 Å². The Morgan fingerprint density at radius 1 is 0.846 bits per heavy atom. The molecule has 4 aromatic rings. The molecule has 4 aromatic carbocycles. The quantitative estimate of drug-likeness (QED) is 0.141. The van der Waals surface area contributed by atoms with Gasteiger partial charge in [0, 0.05) is 15.7 Å². The number of nitrogens with one attached hydrogen (secondary N) is 3. The molecule has 0 aromatic heterocycles. The normalized spacial score (nSPS) is 10.6. The number of aryl methyl sites for hydroxylation is 1. The molecule has 0 atom stereocenters. The van der Waals surface area contributed by atoms with Gasteiger partial charge in [-0.2, -0.15) is 5.10 Å². The SMILES string of the molecule is Cc1cccc(NC(=O)c2ccccc2NC(=O)C(=O)N/N=C\c2ccccc2OCc2ccc(Br)cc2)c1. The van der Waals surface area contributed by atoms with Crippen molar-refractivity contribution in [2.24, 2.45) is 5.10 Å². The molecule has 0 radical (unpaired) electrons. The Labute approximate surface area is 234 Å². The Morgan fingerprint density at radius 3 is 2.38 bits per heavy atom. The number of halogens is 1. The minimum atomic E-state index is -0.992. The first-order valence-electron chi connectivity index (χ1n) is 12.0. The molecule has 0 fully saturated rings. The summed E-state index contributed by atoms with van der Waals surface area (Å²) in [4.78, 5) is 37.7. The third-order valence-corrected chi connectivity index (χ3v) is 6.03. The van der Waals surface area contributed by atoms with Crippen LogP contribution in [-0.4, -0.2) is 23.9 Å². The summed E-state index contributed by atoms with van der Waals surface area (Å²) in [7, 11) is 0. The minimum absolute atomic E-state index is 0.193. The molecule has 3 amide bonds. The maximum absolute atomic E-state index is 12.8. The summed E-state index contributed by atoms with van der Waals surface area (Å²) in [6.07, 6.45) is 1.39. The smallest absolute Gasteiger partial charge is 0.329 e. The van der Waals surface area contributed by atoms with E-state index in [9.17, 15) is 14.4 Å². The highest BCUT2D eigenvalue weighted by molar-refractivity contribution is 9.10. The van der Waals surface area contributed by atoms with Gasteiger partial charge in [-0.15, -0.1) is 0 Å². The molecule has 0 aliphatic carbocycles. The van der Waals surface area contributed by atoms with E-state index in [1.807, 2.05) is 55.5 Å². The Hall–Kier alpha value is -4.76. The highest BCUT2D eigenvalue weighted by Gasteiger charge is 2.18. The van der Waals surface area contributed by atoms with Crippen molar-refractivity contribution in [2.75, 3.05) is 10.6 Å². The van der Waals surface area contributed by atoms with E-state index in [1.54, 1.807) is 48.5 Å². The molecule has 9 heteroatoms. The van der Waals surface area contributed by atoms with Crippen LogP contribution in [0, 0.1) is 6.92 Å². The van der Waals surface area contributed by atoms with Crippen molar-refractivity contribution in [1.82, 2.24) is 5.43 Å². The number of hydrogen-bond donors (Lipinski definition) is 3. The molecule has 0 unspecified atom stereocenters. The maximum atomic E-state index is 12.8. The van der Waals surface area contributed by atoms with Gasteiger partial charge in [0.1, 0.15) is 12.4 Å². The Morgan fingerprint density at radius 2 is 1.59 bits per heavy atom. The zero-order chi connectivity index (χ0) is 27.6. The molecular weight excluding hydrogens is 560 g/mol. The number of nitrogens with zero attached hydrogens (tertiary/aromatic N) is 1. The number of anilines is 2. The van der Waals surface area contributed by atoms with Gasteiger partial charge in [-0.3, -0.25) is 14.4 Å². The first-order valence-corrected chi connectivity index (χ1v) is 12.8. The lowest BCUT2D eigenvalue weighted by Crippen LogP contribution is -2.33. The average molecular weight is 585 g/mol. The Balaban J connectivity index is 1.35. The third-order valence-electron chi connectivity index (χ3n) is 5.50. The molecule has 3 N–H and O–H groups in total.